The zero-order chi connectivity index (χ0) is 22.5. The highest BCUT2D eigenvalue weighted by molar-refractivity contribution is 6.32. The Kier molecular flexibility index (Phi) is 5.07. The molecule has 5 rings (SSSR count). The Morgan fingerprint density at radius 3 is 2.81 bits per heavy atom. The van der Waals surface area contributed by atoms with Crippen LogP contribution in [0.1, 0.15) is 25.0 Å². The fourth-order valence-corrected chi connectivity index (χ4v) is 4.52. The van der Waals surface area contributed by atoms with Gasteiger partial charge in [0.15, 0.2) is 0 Å². The zero-order valence-corrected chi connectivity index (χ0v) is 18.6. The molecule has 0 fully saturated rings. The summed E-state index contributed by atoms with van der Waals surface area (Å²) >= 11 is 6.67. The van der Waals surface area contributed by atoms with Crippen LogP contribution in [0.5, 0.6) is 5.75 Å². The number of pyridine rings is 1. The van der Waals surface area contributed by atoms with E-state index in [1.165, 1.54) is 12.1 Å². The standard InChI is InChI=1S/C25H23ClFN3O2/c1-25(2)15-32-24-18(14-29(25)13-16-5-7-28-23(31)9-16)11-20(12-21(24)26)30-8-6-17-10-19(27)3-4-22(17)30/h3-12H,13-15H2,1-2H3,(H,28,31). The van der Waals surface area contributed by atoms with Crippen molar-refractivity contribution in [2.75, 3.05) is 6.61 Å². The van der Waals surface area contributed by atoms with Crippen LogP contribution in [0.15, 0.2) is 65.7 Å². The van der Waals surface area contributed by atoms with Crippen LogP contribution in [0.3, 0.4) is 0 Å². The van der Waals surface area contributed by atoms with Crippen LogP contribution in [0, 0.1) is 5.82 Å². The summed E-state index contributed by atoms with van der Waals surface area (Å²) in [6.07, 6.45) is 3.58. The van der Waals surface area contributed by atoms with E-state index in [0.717, 1.165) is 27.7 Å². The molecule has 7 heteroatoms. The highest BCUT2D eigenvalue weighted by Gasteiger charge is 2.33. The average Bonchev–Trinajstić information content (AvgIpc) is 3.10. The highest BCUT2D eigenvalue weighted by atomic mass is 35.5. The Morgan fingerprint density at radius 1 is 1.16 bits per heavy atom. The maximum Gasteiger partial charge on any atom is 0.248 e. The lowest BCUT2D eigenvalue weighted by molar-refractivity contribution is 0.0681. The molecule has 0 unspecified atom stereocenters. The van der Waals surface area contributed by atoms with Gasteiger partial charge >= 0.3 is 0 Å². The largest absolute Gasteiger partial charge is 0.490 e. The lowest BCUT2D eigenvalue weighted by Crippen LogP contribution is -2.46. The van der Waals surface area contributed by atoms with Gasteiger partial charge in [0.05, 0.1) is 16.1 Å². The highest BCUT2D eigenvalue weighted by Crippen LogP contribution is 2.38. The molecule has 32 heavy (non-hydrogen) atoms. The number of H-pyrrole nitrogens is 1. The summed E-state index contributed by atoms with van der Waals surface area (Å²) < 4.78 is 21.8. The molecule has 1 N–H and O–H groups in total. The lowest BCUT2D eigenvalue weighted by atomic mass is 10.0. The molecule has 2 aromatic carbocycles. The van der Waals surface area contributed by atoms with Crippen molar-refractivity contribution >= 4 is 22.5 Å². The van der Waals surface area contributed by atoms with E-state index in [4.69, 9.17) is 16.3 Å². The molecular weight excluding hydrogens is 429 g/mol. The fraction of sp³-hybridized carbons (Fsp3) is 0.240. The molecule has 164 valence electrons. The van der Waals surface area contributed by atoms with Crippen LogP contribution in [0.2, 0.25) is 5.02 Å². The Morgan fingerprint density at radius 2 is 2.00 bits per heavy atom. The smallest absolute Gasteiger partial charge is 0.248 e. The van der Waals surface area contributed by atoms with Crippen molar-refractivity contribution in [1.82, 2.24) is 14.5 Å². The van der Waals surface area contributed by atoms with Crippen molar-refractivity contribution in [3.63, 3.8) is 0 Å². The quantitative estimate of drug-likeness (QED) is 0.460. The van der Waals surface area contributed by atoms with Gasteiger partial charge in [0.1, 0.15) is 18.2 Å². The molecule has 0 saturated heterocycles. The van der Waals surface area contributed by atoms with Crippen LogP contribution in [0.25, 0.3) is 16.6 Å². The third-order valence-electron chi connectivity index (χ3n) is 6.04. The summed E-state index contributed by atoms with van der Waals surface area (Å²) in [5, 5.41) is 1.36. The molecule has 5 nitrogen and oxygen atoms in total. The van der Waals surface area contributed by atoms with E-state index >= 15 is 0 Å². The number of aromatic nitrogens is 2. The number of halogens is 2. The number of hydrogen-bond donors (Lipinski definition) is 1. The minimum atomic E-state index is -0.275. The summed E-state index contributed by atoms with van der Waals surface area (Å²) in [7, 11) is 0. The normalized spacial score (nSPS) is 15.9. The number of nitrogens with one attached hydrogen (secondary N) is 1. The lowest BCUT2D eigenvalue weighted by Gasteiger charge is -2.36. The SMILES string of the molecule is CC1(C)COc2c(Cl)cc(-n3ccc4cc(F)ccc43)cc2CN1Cc1cc[nH]c(=O)c1. The van der Waals surface area contributed by atoms with Gasteiger partial charge < -0.3 is 14.3 Å². The zero-order valence-electron chi connectivity index (χ0n) is 17.9. The van der Waals surface area contributed by atoms with Gasteiger partial charge in [0.25, 0.3) is 0 Å². The summed E-state index contributed by atoms with van der Waals surface area (Å²) in [6, 6.07) is 14.1. The maximum absolute atomic E-state index is 13.6. The average molecular weight is 452 g/mol. The first kappa shape index (κ1) is 20.8. The van der Waals surface area contributed by atoms with E-state index in [2.05, 4.69) is 29.8 Å². The molecule has 1 aliphatic heterocycles. The van der Waals surface area contributed by atoms with Gasteiger partial charge in [-0.3, -0.25) is 9.69 Å². The molecule has 0 spiro atoms. The minimum Gasteiger partial charge on any atom is -0.490 e. The van der Waals surface area contributed by atoms with Crippen molar-refractivity contribution in [3.05, 3.63) is 93.2 Å². The molecule has 0 amide bonds. The van der Waals surface area contributed by atoms with Crippen molar-refractivity contribution < 1.29 is 9.13 Å². The van der Waals surface area contributed by atoms with Crippen molar-refractivity contribution in [1.29, 1.82) is 0 Å². The Hall–Kier alpha value is -3.09. The number of rotatable bonds is 3. The third kappa shape index (κ3) is 3.80. The van der Waals surface area contributed by atoms with Gasteiger partial charge in [-0.05, 0) is 61.9 Å². The van der Waals surface area contributed by atoms with Gasteiger partial charge in [-0.2, -0.15) is 0 Å². The van der Waals surface area contributed by atoms with E-state index in [-0.39, 0.29) is 16.9 Å². The van der Waals surface area contributed by atoms with E-state index < -0.39 is 0 Å². The predicted molar refractivity (Wildman–Crippen MR) is 124 cm³/mol. The number of aromatic amines is 1. The third-order valence-corrected chi connectivity index (χ3v) is 6.32. The second kappa shape index (κ2) is 7.80. The van der Waals surface area contributed by atoms with Crippen LogP contribution in [-0.2, 0) is 13.1 Å². The second-order valence-electron chi connectivity index (χ2n) is 8.82. The first-order chi connectivity index (χ1) is 15.3. The van der Waals surface area contributed by atoms with E-state index in [9.17, 15) is 9.18 Å². The summed E-state index contributed by atoms with van der Waals surface area (Å²) in [5.41, 5.74) is 3.29. The van der Waals surface area contributed by atoms with Gasteiger partial charge in [0, 0.05) is 48.2 Å². The molecular formula is C25H23ClFN3O2. The van der Waals surface area contributed by atoms with Gasteiger partial charge in [-0.15, -0.1) is 0 Å². The van der Waals surface area contributed by atoms with Crippen LogP contribution < -0.4 is 10.3 Å². The van der Waals surface area contributed by atoms with Crippen LogP contribution in [-0.4, -0.2) is 26.6 Å². The summed E-state index contributed by atoms with van der Waals surface area (Å²) in [6.45, 7) is 5.92. The van der Waals surface area contributed by atoms with E-state index in [0.29, 0.717) is 30.5 Å². The molecule has 4 aromatic rings. The van der Waals surface area contributed by atoms with Crippen LogP contribution in [0.4, 0.5) is 4.39 Å². The molecule has 0 bridgehead atoms. The van der Waals surface area contributed by atoms with Crippen molar-refractivity contribution in [2.45, 2.75) is 32.5 Å². The van der Waals surface area contributed by atoms with Crippen LogP contribution >= 0.6 is 11.6 Å². The topological polar surface area (TPSA) is 50.3 Å². The van der Waals surface area contributed by atoms with Gasteiger partial charge in [-0.25, -0.2) is 4.39 Å². The Balaban J connectivity index is 1.56. The monoisotopic (exact) mass is 451 g/mol. The maximum atomic E-state index is 13.6. The Bertz CT molecular complexity index is 1380. The fourth-order valence-electron chi connectivity index (χ4n) is 4.23. The number of nitrogens with zero attached hydrogens (tertiary/aromatic N) is 2. The molecule has 1 aliphatic rings. The molecule has 2 aromatic heterocycles. The van der Waals surface area contributed by atoms with Gasteiger partial charge in [-0.1, -0.05) is 11.6 Å². The summed E-state index contributed by atoms with van der Waals surface area (Å²) in [5.74, 6) is 0.417. The van der Waals surface area contributed by atoms with Crippen molar-refractivity contribution in [2.24, 2.45) is 0 Å². The number of fused-ring (bicyclic) bond motifs is 2. The minimum absolute atomic E-state index is 0.118. The molecule has 0 saturated carbocycles. The molecule has 0 radical (unpaired) electrons. The van der Waals surface area contributed by atoms with E-state index in [1.807, 2.05) is 29.0 Å². The summed E-state index contributed by atoms with van der Waals surface area (Å²) in [4.78, 5) is 16.7. The van der Waals surface area contributed by atoms with E-state index in [1.54, 1.807) is 18.3 Å². The first-order valence-corrected chi connectivity index (χ1v) is 10.8. The predicted octanol–water partition coefficient (Wildman–Crippen LogP) is 5.28. The second-order valence-corrected chi connectivity index (χ2v) is 9.23. The van der Waals surface area contributed by atoms with Crippen molar-refractivity contribution in [3.8, 4) is 11.4 Å². The first-order valence-electron chi connectivity index (χ1n) is 10.4. The number of hydrogen-bond acceptors (Lipinski definition) is 3. The molecule has 0 aliphatic carbocycles. The Labute approximate surface area is 190 Å². The number of ether oxygens (including phenoxy) is 1. The number of benzene rings is 2. The van der Waals surface area contributed by atoms with Gasteiger partial charge in [0.2, 0.25) is 5.56 Å². The molecule has 0 atom stereocenters. The molecule has 3 heterocycles.